The second-order valence-electron chi connectivity index (χ2n) is 3.59. The topological polar surface area (TPSA) is 38.7 Å². The molecular formula is C13H20O3. The number of aliphatic hydroxyl groups excluding tert-OH is 1. The van der Waals surface area contributed by atoms with E-state index in [-0.39, 0.29) is 6.61 Å². The summed E-state index contributed by atoms with van der Waals surface area (Å²) >= 11 is 0. The highest BCUT2D eigenvalue weighted by Crippen LogP contribution is 2.13. The normalized spacial score (nSPS) is 10.7. The largest absolute Gasteiger partial charge is 0.392 e. The Kier molecular flexibility index (Phi) is 6.08. The van der Waals surface area contributed by atoms with Gasteiger partial charge in [-0.05, 0) is 30.5 Å². The molecule has 0 bridgehead atoms. The number of aliphatic hydroxyl groups is 1. The molecule has 1 N–H and O–H groups in total. The number of hydrogen-bond acceptors (Lipinski definition) is 3. The number of hydrogen-bond donors (Lipinski definition) is 1. The fourth-order valence-electron chi connectivity index (χ4n) is 1.54. The molecular weight excluding hydrogens is 204 g/mol. The molecule has 0 saturated carbocycles. The van der Waals surface area contributed by atoms with E-state index in [1.165, 1.54) is 0 Å². The van der Waals surface area contributed by atoms with Crippen molar-refractivity contribution in [2.75, 3.05) is 13.2 Å². The van der Waals surface area contributed by atoms with Gasteiger partial charge in [0.25, 0.3) is 0 Å². The molecule has 0 saturated heterocycles. The number of ether oxygens (including phenoxy) is 2. The van der Waals surface area contributed by atoms with Gasteiger partial charge in [-0.1, -0.05) is 18.2 Å². The first kappa shape index (κ1) is 13.2. The monoisotopic (exact) mass is 224 g/mol. The van der Waals surface area contributed by atoms with E-state index in [9.17, 15) is 0 Å². The van der Waals surface area contributed by atoms with Crippen molar-refractivity contribution in [2.45, 2.75) is 33.7 Å². The predicted octanol–water partition coefficient (Wildman–Crippen LogP) is 2.25. The van der Waals surface area contributed by atoms with Crippen LogP contribution in [-0.2, 0) is 29.3 Å². The van der Waals surface area contributed by atoms with Crippen LogP contribution in [0.25, 0.3) is 0 Å². The molecule has 0 spiro atoms. The van der Waals surface area contributed by atoms with Crippen molar-refractivity contribution in [3.63, 3.8) is 0 Å². The van der Waals surface area contributed by atoms with Crippen molar-refractivity contribution in [3.8, 4) is 0 Å². The maximum absolute atomic E-state index is 9.16. The van der Waals surface area contributed by atoms with Gasteiger partial charge in [-0.2, -0.15) is 0 Å². The molecule has 0 aliphatic carbocycles. The van der Waals surface area contributed by atoms with Gasteiger partial charge < -0.3 is 14.6 Å². The maximum atomic E-state index is 9.16. The Morgan fingerprint density at radius 2 is 1.31 bits per heavy atom. The second-order valence-corrected chi connectivity index (χ2v) is 3.59. The van der Waals surface area contributed by atoms with Crippen LogP contribution in [0.1, 0.15) is 30.5 Å². The average Bonchev–Trinajstić information content (AvgIpc) is 2.33. The van der Waals surface area contributed by atoms with Crippen LogP contribution < -0.4 is 0 Å². The number of benzene rings is 1. The predicted molar refractivity (Wildman–Crippen MR) is 63.0 cm³/mol. The summed E-state index contributed by atoms with van der Waals surface area (Å²) in [5.74, 6) is 0. The minimum atomic E-state index is 0.0547. The van der Waals surface area contributed by atoms with Gasteiger partial charge >= 0.3 is 0 Å². The van der Waals surface area contributed by atoms with E-state index in [1.807, 2.05) is 26.0 Å². The Balaban J connectivity index is 2.74. The molecule has 0 aromatic heterocycles. The lowest BCUT2D eigenvalue weighted by atomic mass is 10.1. The summed E-state index contributed by atoms with van der Waals surface area (Å²) in [6.07, 6.45) is 0. The molecule has 90 valence electrons. The van der Waals surface area contributed by atoms with Crippen LogP contribution in [0, 0.1) is 0 Å². The standard InChI is InChI=1S/C13H20O3/c1-3-15-9-12-5-11(8-14)6-13(7-12)10-16-4-2/h5-7,14H,3-4,8-10H2,1-2H3. The first-order valence-electron chi connectivity index (χ1n) is 5.68. The Labute approximate surface area is 97.0 Å². The smallest absolute Gasteiger partial charge is 0.0716 e. The third kappa shape index (κ3) is 4.31. The molecule has 0 heterocycles. The van der Waals surface area contributed by atoms with Gasteiger partial charge in [0.15, 0.2) is 0 Å². The highest BCUT2D eigenvalue weighted by atomic mass is 16.5. The van der Waals surface area contributed by atoms with Crippen LogP contribution in [-0.4, -0.2) is 18.3 Å². The molecule has 1 aromatic rings. The zero-order valence-electron chi connectivity index (χ0n) is 10.0. The molecule has 0 radical (unpaired) electrons. The van der Waals surface area contributed by atoms with Crippen LogP contribution >= 0.6 is 0 Å². The summed E-state index contributed by atoms with van der Waals surface area (Å²) in [6, 6.07) is 5.99. The fraction of sp³-hybridized carbons (Fsp3) is 0.538. The lowest BCUT2D eigenvalue weighted by molar-refractivity contribution is 0.129. The van der Waals surface area contributed by atoms with E-state index in [4.69, 9.17) is 14.6 Å². The molecule has 3 heteroatoms. The van der Waals surface area contributed by atoms with Crippen LogP contribution in [0.3, 0.4) is 0 Å². The molecule has 3 nitrogen and oxygen atoms in total. The van der Waals surface area contributed by atoms with Crippen molar-refractivity contribution in [3.05, 3.63) is 34.9 Å². The summed E-state index contributed by atoms with van der Waals surface area (Å²) in [5, 5.41) is 9.16. The molecule has 0 unspecified atom stereocenters. The van der Waals surface area contributed by atoms with Crippen LogP contribution in [0.15, 0.2) is 18.2 Å². The van der Waals surface area contributed by atoms with Crippen LogP contribution in [0.4, 0.5) is 0 Å². The van der Waals surface area contributed by atoms with Crippen molar-refractivity contribution >= 4 is 0 Å². The Morgan fingerprint density at radius 1 is 0.875 bits per heavy atom. The molecule has 16 heavy (non-hydrogen) atoms. The van der Waals surface area contributed by atoms with E-state index in [1.54, 1.807) is 0 Å². The molecule has 0 aliphatic rings. The zero-order valence-corrected chi connectivity index (χ0v) is 10.0. The van der Waals surface area contributed by atoms with Crippen molar-refractivity contribution < 1.29 is 14.6 Å². The van der Waals surface area contributed by atoms with Crippen molar-refractivity contribution in [1.29, 1.82) is 0 Å². The molecule has 0 aliphatic heterocycles. The summed E-state index contributed by atoms with van der Waals surface area (Å²) in [4.78, 5) is 0. The summed E-state index contributed by atoms with van der Waals surface area (Å²) in [5.41, 5.74) is 3.08. The van der Waals surface area contributed by atoms with E-state index in [0.29, 0.717) is 26.4 Å². The molecule has 0 fully saturated rings. The lowest BCUT2D eigenvalue weighted by Gasteiger charge is -2.08. The lowest BCUT2D eigenvalue weighted by Crippen LogP contribution is -1.99. The second kappa shape index (κ2) is 7.39. The highest BCUT2D eigenvalue weighted by molar-refractivity contribution is 5.29. The van der Waals surface area contributed by atoms with Crippen molar-refractivity contribution in [2.24, 2.45) is 0 Å². The van der Waals surface area contributed by atoms with Gasteiger partial charge in [0, 0.05) is 13.2 Å². The first-order valence-corrected chi connectivity index (χ1v) is 5.68. The average molecular weight is 224 g/mol. The Hall–Kier alpha value is -0.900. The van der Waals surface area contributed by atoms with Gasteiger partial charge in [0.1, 0.15) is 0 Å². The molecule has 1 rings (SSSR count). The molecule has 0 amide bonds. The van der Waals surface area contributed by atoms with E-state index in [2.05, 4.69) is 6.07 Å². The SMILES string of the molecule is CCOCc1cc(CO)cc(COCC)c1. The third-order valence-corrected chi connectivity index (χ3v) is 2.24. The molecule has 1 aromatic carbocycles. The Bertz CT molecular complexity index is 284. The summed E-state index contributed by atoms with van der Waals surface area (Å²) < 4.78 is 10.7. The van der Waals surface area contributed by atoms with Gasteiger partial charge in [-0.25, -0.2) is 0 Å². The highest BCUT2D eigenvalue weighted by Gasteiger charge is 2.01. The van der Waals surface area contributed by atoms with Crippen molar-refractivity contribution in [1.82, 2.24) is 0 Å². The third-order valence-electron chi connectivity index (χ3n) is 2.24. The van der Waals surface area contributed by atoms with Crippen LogP contribution in [0.5, 0.6) is 0 Å². The van der Waals surface area contributed by atoms with Gasteiger partial charge in [-0.3, -0.25) is 0 Å². The zero-order chi connectivity index (χ0) is 11.8. The first-order chi connectivity index (χ1) is 7.80. The fourth-order valence-corrected chi connectivity index (χ4v) is 1.54. The summed E-state index contributed by atoms with van der Waals surface area (Å²) in [6.45, 7) is 6.56. The minimum Gasteiger partial charge on any atom is -0.392 e. The number of rotatable bonds is 7. The van der Waals surface area contributed by atoms with E-state index in [0.717, 1.165) is 16.7 Å². The Morgan fingerprint density at radius 3 is 1.69 bits per heavy atom. The molecule has 0 atom stereocenters. The maximum Gasteiger partial charge on any atom is 0.0716 e. The summed E-state index contributed by atoms with van der Waals surface area (Å²) in [7, 11) is 0. The quantitative estimate of drug-likeness (QED) is 0.772. The van der Waals surface area contributed by atoms with E-state index >= 15 is 0 Å². The van der Waals surface area contributed by atoms with Gasteiger partial charge in [0.05, 0.1) is 19.8 Å². The van der Waals surface area contributed by atoms with Crippen LogP contribution in [0.2, 0.25) is 0 Å². The van der Waals surface area contributed by atoms with Gasteiger partial charge in [0.2, 0.25) is 0 Å². The van der Waals surface area contributed by atoms with Gasteiger partial charge in [-0.15, -0.1) is 0 Å². The van der Waals surface area contributed by atoms with E-state index < -0.39 is 0 Å². The minimum absolute atomic E-state index is 0.0547.